The first-order chi connectivity index (χ1) is 11.1. The summed E-state index contributed by atoms with van der Waals surface area (Å²) >= 11 is 8.26. The van der Waals surface area contributed by atoms with Gasteiger partial charge in [0.15, 0.2) is 0 Å². The minimum Gasteiger partial charge on any atom is -0.378 e. The van der Waals surface area contributed by atoms with Gasteiger partial charge in [0.05, 0.1) is 23.8 Å². The highest BCUT2D eigenvalue weighted by Gasteiger charge is 2.13. The van der Waals surface area contributed by atoms with Crippen molar-refractivity contribution < 1.29 is 9.53 Å². The molecule has 0 bridgehead atoms. The van der Waals surface area contributed by atoms with Gasteiger partial charge in [-0.05, 0) is 65.1 Å². The number of nitrogens with one attached hydrogen (secondary N) is 1. The van der Waals surface area contributed by atoms with Crippen LogP contribution in [0.25, 0.3) is 0 Å². The van der Waals surface area contributed by atoms with Crippen LogP contribution >= 0.6 is 34.2 Å². The third kappa shape index (κ3) is 4.16. The number of halogens is 2. The Kier molecular flexibility index (Phi) is 5.40. The van der Waals surface area contributed by atoms with E-state index in [0.29, 0.717) is 10.6 Å². The lowest BCUT2D eigenvalue weighted by Gasteiger charge is -2.28. The van der Waals surface area contributed by atoms with Crippen LogP contribution in [0.5, 0.6) is 0 Å². The number of hydrogen-bond donors (Lipinski definition) is 1. The molecule has 3 rings (SSSR count). The summed E-state index contributed by atoms with van der Waals surface area (Å²) in [5.41, 5.74) is 2.37. The average Bonchev–Trinajstić information content (AvgIpc) is 2.58. The van der Waals surface area contributed by atoms with Gasteiger partial charge >= 0.3 is 0 Å². The quantitative estimate of drug-likeness (QED) is 0.730. The summed E-state index contributed by atoms with van der Waals surface area (Å²) in [6.45, 7) is 3.29. The van der Waals surface area contributed by atoms with Crippen molar-refractivity contribution in [3.8, 4) is 0 Å². The zero-order chi connectivity index (χ0) is 16.2. The van der Waals surface area contributed by atoms with E-state index in [2.05, 4.69) is 32.8 Å². The lowest BCUT2D eigenvalue weighted by atomic mass is 10.2. The fraction of sp³-hybridized carbons (Fsp3) is 0.235. The zero-order valence-electron chi connectivity index (χ0n) is 12.4. The molecule has 1 amide bonds. The fourth-order valence-electron chi connectivity index (χ4n) is 2.45. The molecule has 1 heterocycles. The van der Waals surface area contributed by atoms with Gasteiger partial charge in [-0.25, -0.2) is 0 Å². The van der Waals surface area contributed by atoms with Crippen LogP contribution < -0.4 is 10.2 Å². The number of amides is 1. The van der Waals surface area contributed by atoms with Gasteiger partial charge in [0.25, 0.3) is 5.91 Å². The highest BCUT2D eigenvalue weighted by atomic mass is 127. The molecule has 2 aromatic rings. The van der Waals surface area contributed by atoms with E-state index < -0.39 is 0 Å². The summed E-state index contributed by atoms with van der Waals surface area (Å²) in [5.74, 6) is -0.201. The van der Waals surface area contributed by atoms with Crippen LogP contribution in [-0.4, -0.2) is 32.2 Å². The highest BCUT2D eigenvalue weighted by Crippen LogP contribution is 2.22. The van der Waals surface area contributed by atoms with E-state index in [-0.39, 0.29) is 5.91 Å². The third-order valence-electron chi connectivity index (χ3n) is 3.67. The van der Waals surface area contributed by atoms with Crippen molar-refractivity contribution in [2.75, 3.05) is 36.5 Å². The molecule has 1 fully saturated rings. The Hall–Kier alpha value is -1.31. The van der Waals surface area contributed by atoms with E-state index in [9.17, 15) is 4.79 Å². The number of benzene rings is 2. The summed E-state index contributed by atoms with van der Waals surface area (Å²) in [5, 5.41) is 3.34. The summed E-state index contributed by atoms with van der Waals surface area (Å²) < 4.78 is 6.33. The second-order valence-electron chi connectivity index (χ2n) is 5.22. The lowest BCUT2D eigenvalue weighted by Crippen LogP contribution is -2.36. The molecule has 1 saturated heterocycles. The molecule has 120 valence electrons. The van der Waals surface area contributed by atoms with Gasteiger partial charge in [-0.2, -0.15) is 0 Å². The normalized spacial score (nSPS) is 14.6. The summed E-state index contributed by atoms with van der Waals surface area (Å²) in [6, 6.07) is 13.2. The molecule has 2 aromatic carbocycles. The number of carbonyl (C=O) groups is 1. The number of hydrogen-bond acceptors (Lipinski definition) is 3. The summed E-state index contributed by atoms with van der Waals surface area (Å²) in [6.07, 6.45) is 0. The zero-order valence-corrected chi connectivity index (χ0v) is 15.3. The lowest BCUT2D eigenvalue weighted by molar-refractivity contribution is 0.102. The van der Waals surface area contributed by atoms with E-state index in [4.69, 9.17) is 16.3 Å². The Labute approximate surface area is 153 Å². The Morgan fingerprint density at radius 2 is 1.83 bits per heavy atom. The van der Waals surface area contributed by atoms with Crippen LogP contribution in [-0.2, 0) is 4.74 Å². The smallest absolute Gasteiger partial charge is 0.257 e. The molecule has 1 aliphatic rings. The molecule has 0 radical (unpaired) electrons. The molecule has 0 aromatic heterocycles. The summed E-state index contributed by atoms with van der Waals surface area (Å²) in [4.78, 5) is 14.6. The van der Waals surface area contributed by atoms with Crippen LogP contribution in [0.3, 0.4) is 0 Å². The van der Waals surface area contributed by atoms with E-state index in [1.165, 1.54) is 0 Å². The minimum atomic E-state index is -0.201. The van der Waals surface area contributed by atoms with Crippen molar-refractivity contribution >= 4 is 51.5 Å². The molecule has 0 spiro atoms. The Morgan fingerprint density at radius 1 is 1.13 bits per heavy atom. The highest BCUT2D eigenvalue weighted by molar-refractivity contribution is 14.1. The van der Waals surface area contributed by atoms with Crippen molar-refractivity contribution in [1.29, 1.82) is 0 Å². The maximum Gasteiger partial charge on any atom is 0.257 e. The van der Waals surface area contributed by atoms with Gasteiger partial charge in [-0.1, -0.05) is 11.6 Å². The predicted octanol–water partition coefficient (Wildman–Crippen LogP) is 4.03. The first-order valence-electron chi connectivity index (χ1n) is 7.32. The number of anilines is 2. The first-order valence-corrected chi connectivity index (χ1v) is 8.78. The second kappa shape index (κ2) is 7.51. The Balaban J connectivity index is 1.70. The number of ether oxygens (including phenoxy) is 1. The Bertz CT molecular complexity index is 700. The molecule has 0 aliphatic carbocycles. The molecule has 1 N–H and O–H groups in total. The molecule has 0 saturated carbocycles. The van der Waals surface area contributed by atoms with Crippen LogP contribution in [0.2, 0.25) is 5.02 Å². The maximum absolute atomic E-state index is 12.3. The van der Waals surface area contributed by atoms with Gasteiger partial charge in [0, 0.05) is 28.0 Å². The van der Waals surface area contributed by atoms with Gasteiger partial charge < -0.3 is 15.0 Å². The molecule has 0 atom stereocenters. The Morgan fingerprint density at radius 3 is 2.52 bits per heavy atom. The van der Waals surface area contributed by atoms with E-state index in [1.807, 2.05) is 30.3 Å². The topological polar surface area (TPSA) is 41.6 Å². The fourth-order valence-corrected chi connectivity index (χ4v) is 3.14. The van der Waals surface area contributed by atoms with Crippen LogP contribution in [0.4, 0.5) is 11.4 Å². The number of rotatable bonds is 3. The van der Waals surface area contributed by atoms with Gasteiger partial charge in [0.1, 0.15) is 0 Å². The molecule has 1 aliphatic heterocycles. The van der Waals surface area contributed by atoms with Crippen molar-refractivity contribution in [2.24, 2.45) is 0 Å². The van der Waals surface area contributed by atoms with Crippen LogP contribution in [0.15, 0.2) is 42.5 Å². The van der Waals surface area contributed by atoms with Crippen molar-refractivity contribution in [3.63, 3.8) is 0 Å². The van der Waals surface area contributed by atoms with Crippen molar-refractivity contribution in [2.45, 2.75) is 0 Å². The third-order valence-corrected chi connectivity index (χ3v) is 4.68. The molecule has 6 heteroatoms. The minimum absolute atomic E-state index is 0.201. The molecule has 23 heavy (non-hydrogen) atoms. The van der Waals surface area contributed by atoms with Crippen molar-refractivity contribution in [3.05, 3.63) is 56.6 Å². The van der Waals surface area contributed by atoms with Crippen molar-refractivity contribution in [1.82, 2.24) is 0 Å². The van der Waals surface area contributed by atoms with Gasteiger partial charge in [-0.15, -0.1) is 0 Å². The first kappa shape index (κ1) is 16.5. The second-order valence-corrected chi connectivity index (χ2v) is 6.88. The number of carbonyl (C=O) groups excluding carboxylic acids is 1. The van der Waals surface area contributed by atoms with Gasteiger partial charge in [0.2, 0.25) is 0 Å². The van der Waals surface area contributed by atoms with E-state index >= 15 is 0 Å². The number of nitrogens with zero attached hydrogens (tertiary/aromatic N) is 1. The summed E-state index contributed by atoms with van der Waals surface area (Å²) in [7, 11) is 0. The average molecular weight is 443 g/mol. The van der Waals surface area contributed by atoms with Crippen LogP contribution in [0.1, 0.15) is 10.4 Å². The maximum atomic E-state index is 12.3. The van der Waals surface area contributed by atoms with Gasteiger partial charge in [-0.3, -0.25) is 4.79 Å². The van der Waals surface area contributed by atoms with E-state index in [1.54, 1.807) is 12.1 Å². The number of morpholine rings is 1. The SMILES string of the molecule is O=C(Nc1ccc(N2CCOCC2)cc1)c1cc(I)ccc1Cl. The molecular formula is C17H16ClIN2O2. The predicted molar refractivity (Wildman–Crippen MR) is 102 cm³/mol. The monoisotopic (exact) mass is 442 g/mol. The van der Waals surface area contributed by atoms with Crippen LogP contribution in [0, 0.1) is 3.57 Å². The molecular weight excluding hydrogens is 427 g/mol. The molecule has 4 nitrogen and oxygen atoms in total. The molecule has 0 unspecified atom stereocenters. The van der Waals surface area contributed by atoms with E-state index in [0.717, 1.165) is 41.2 Å². The standard InChI is InChI=1S/C17H16ClIN2O2/c18-16-6-1-12(19)11-15(16)17(22)20-13-2-4-14(5-3-13)21-7-9-23-10-8-21/h1-6,11H,7-10H2,(H,20,22). The largest absolute Gasteiger partial charge is 0.378 e.